The third-order valence-corrected chi connectivity index (χ3v) is 4.43. The summed E-state index contributed by atoms with van der Waals surface area (Å²) in [5.74, 6) is 0.505. The fraction of sp³-hybridized carbons (Fsp3) is 0.350. The van der Waals surface area contributed by atoms with Gasteiger partial charge in [0.2, 0.25) is 5.75 Å². The van der Waals surface area contributed by atoms with Crippen LogP contribution in [0.2, 0.25) is 5.02 Å². The van der Waals surface area contributed by atoms with Crippen LogP contribution < -0.4 is 9.47 Å². The number of rotatable bonds is 9. The van der Waals surface area contributed by atoms with E-state index < -0.39 is 4.92 Å². The number of nitro benzene ring substituents is 1. The van der Waals surface area contributed by atoms with Crippen LogP contribution in [0.1, 0.15) is 37.0 Å². The fourth-order valence-electron chi connectivity index (χ4n) is 2.66. The van der Waals surface area contributed by atoms with Crippen LogP contribution in [0.5, 0.6) is 17.2 Å². The van der Waals surface area contributed by atoms with Gasteiger partial charge in [-0.25, -0.2) is 0 Å². The Morgan fingerprint density at radius 3 is 2.46 bits per heavy atom. The topological polar surface area (TPSA) is 81.9 Å². The molecule has 0 bridgehead atoms. The Labute approximate surface area is 169 Å². The third kappa shape index (κ3) is 5.13. The van der Waals surface area contributed by atoms with Gasteiger partial charge in [0.15, 0.2) is 11.5 Å². The first-order valence-electron chi connectivity index (χ1n) is 9.00. The molecular weight excluding hydrogens is 384 g/mol. The number of methoxy groups -OCH3 is 1. The maximum atomic E-state index is 12.7. The minimum Gasteiger partial charge on any atom is -0.493 e. The number of halogens is 1. The van der Waals surface area contributed by atoms with Gasteiger partial charge in [-0.2, -0.15) is 0 Å². The molecule has 8 heteroatoms. The number of ether oxygens (including phenoxy) is 2. The van der Waals surface area contributed by atoms with Crippen molar-refractivity contribution in [2.75, 3.05) is 20.2 Å². The highest BCUT2D eigenvalue weighted by atomic mass is 35.5. The van der Waals surface area contributed by atoms with Crippen LogP contribution in [0.15, 0.2) is 36.4 Å². The van der Waals surface area contributed by atoms with E-state index in [2.05, 4.69) is 6.92 Å². The predicted octanol–water partition coefficient (Wildman–Crippen LogP) is 5.31. The van der Waals surface area contributed by atoms with Gasteiger partial charge in [0.05, 0.1) is 12.0 Å². The number of carbonyl (C=O) groups is 1. The standard InChI is InChI=1S/C20H23ClN2O5/c1-4-6-11-22(5-2)20(24)14-7-9-18(19(12-14)27-3)28-17-10-8-15(21)13-16(17)23(25)26/h7-10,12-13H,4-6,11H2,1-3H3. The van der Waals surface area contributed by atoms with Crippen LogP contribution in [-0.2, 0) is 0 Å². The zero-order valence-electron chi connectivity index (χ0n) is 16.1. The van der Waals surface area contributed by atoms with E-state index in [9.17, 15) is 14.9 Å². The van der Waals surface area contributed by atoms with Crippen LogP contribution in [0.3, 0.4) is 0 Å². The van der Waals surface area contributed by atoms with Crippen molar-refractivity contribution >= 4 is 23.2 Å². The molecule has 0 aliphatic heterocycles. The monoisotopic (exact) mass is 406 g/mol. The summed E-state index contributed by atoms with van der Waals surface area (Å²) >= 11 is 5.83. The van der Waals surface area contributed by atoms with Gasteiger partial charge in [-0.3, -0.25) is 14.9 Å². The molecule has 2 rings (SSSR count). The van der Waals surface area contributed by atoms with E-state index in [0.29, 0.717) is 24.4 Å². The van der Waals surface area contributed by atoms with Gasteiger partial charge >= 0.3 is 5.69 Å². The molecule has 0 atom stereocenters. The van der Waals surface area contributed by atoms with Gasteiger partial charge in [0, 0.05) is 29.7 Å². The lowest BCUT2D eigenvalue weighted by Gasteiger charge is -2.21. The highest BCUT2D eigenvalue weighted by Crippen LogP contribution is 2.38. The second kappa shape index (κ2) is 9.94. The van der Waals surface area contributed by atoms with Crippen molar-refractivity contribution in [2.45, 2.75) is 26.7 Å². The van der Waals surface area contributed by atoms with Crippen LogP contribution in [0, 0.1) is 10.1 Å². The van der Waals surface area contributed by atoms with Crippen molar-refractivity contribution in [2.24, 2.45) is 0 Å². The van der Waals surface area contributed by atoms with Gasteiger partial charge in [-0.1, -0.05) is 24.9 Å². The number of carbonyl (C=O) groups excluding carboxylic acids is 1. The van der Waals surface area contributed by atoms with Gasteiger partial charge in [-0.05, 0) is 43.7 Å². The lowest BCUT2D eigenvalue weighted by Crippen LogP contribution is -2.31. The molecule has 0 aliphatic carbocycles. The number of unbranched alkanes of at least 4 members (excludes halogenated alkanes) is 1. The van der Waals surface area contributed by atoms with Crippen molar-refractivity contribution in [1.82, 2.24) is 4.90 Å². The summed E-state index contributed by atoms with van der Waals surface area (Å²) in [7, 11) is 1.45. The second-order valence-electron chi connectivity index (χ2n) is 6.08. The Morgan fingerprint density at radius 1 is 1.14 bits per heavy atom. The maximum Gasteiger partial charge on any atom is 0.313 e. The van der Waals surface area contributed by atoms with Gasteiger partial charge in [-0.15, -0.1) is 0 Å². The smallest absolute Gasteiger partial charge is 0.313 e. The van der Waals surface area contributed by atoms with Crippen LogP contribution >= 0.6 is 11.6 Å². The van der Waals surface area contributed by atoms with Crippen LogP contribution in [0.25, 0.3) is 0 Å². The molecule has 0 fully saturated rings. The second-order valence-corrected chi connectivity index (χ2v) is 6.51. The summed E-state index contributed by atoms with van der Waals surface area (Å²) in [4.78, 5) is 25.2. The molecule has 150 valence electrons. The molecule has 0 N–H and O–H groups in total. The Balaban J connectivity index is 2.31. The number of benzene rings is 2. The summed E-state index contributed by atoms with van der Waals surface area (Å²) in [6.07, 6.45) is 1.93. The summed E-state index contributed by atoms with van der Waals surface area (Å²) < 4.78 is 11.0. The van der Waals surface area contributed by atoms with Crippen LogP contribution in [-0.4, -0.2) is 35.9 Å². The first-order valence-corrected chi connectivity index (χ1v) is 9.38. The number of hydrogen-bond acceptors (Lipinski definition) is 5. The molecule has 0 aliphatic rings. The highest BCUT2D eigenvalue weighted by molar-refractivity contribution is 6.30. The molecule has 1 amide bonds. The third-order valence-electron chi connectivity index (χ3n) is 4.20. The molecule has 0 saturated carbocycles. The molecule has 2 aromatic carbocycles. The van der Waals surface area contributed by atoms with E-state index in [0.717, 1.165) is 12.8 Å². The zero-order chi connectivity index (χ0) is 20.7. The summed E-state index contributed by atoms with van der Waals surface area (Å²) in [5.41, 5.74) is 0.208. The lowest BCUT2D eigenvalue weighted by molar-refractivity contribution is -0.385. The molecule has 0 radical (unpaired) electrons. The van der Waals surface area contributed by atoms with E-state index >= 15 is 0 Å². The van der Waals surface area contributed by atoms with Crippen molar-refractivity contribution in [3.63, 3.8) is 0 Å². The normalized spacial score (nSPS) is 10.4. The number of nitro groups is 1. The Bertz CT molecular complexity index is 856. The number of hydrogen-bond donors (Lipinski definition) is 0. The fourth-order valence-corrected chi connectivity index (χ4v) is 2.82. The van der Waals surface area contributed by atoms with E-state index in [1.165, 1.54) is 25.3 Å². The first-order chi connectivity index (χ1) is 13.4. The van der Waals surface area contributed by atoms with Crippen LogP contribution in [0.4, 0.5) is 5.69 Å². The molecule has 2 aromatic rings. The molecule has 0 spiro atoms. The Morgan fingerprint density at radius 2 is 1.86 bits per heavy atom. The highest BCUT2D eigenvalue weighted by Gasteiger charge is 2.20. The first kappa shape index (κ1) is 21.5. The summed E-state index contributed by atoms with van der Waals surface area (Å²) in [6.45, 7) is 5.30. The molecule has 28 heavy (non-hydrogen) atoms. The van der Waals surface area contributed by atoms with Gasteiger partial charge in [0.1, 0.15) is 0 Å². The summed E-state index contributed by atoms with van der Waals surface area (Å²) in [6, 6.07) is 8.90. The molecule has 0 saturated heterocycles. The average Bonchev–Trinajstić information content (AvgIpc) is 2.69. The lowest BCUT2D eigenvalue weighted by atomic mass is 10.1. The Kier molecular flexibility index (Phi) is 7.63. The largest absolute Gasteiger partial charge is 0.493 e. The van der Waals surface area contributed by atoms with Gasteiger partial charge < -0.3 is 14.4 Å². The zero-order valence-corrected chi connectivity index (χ0v) is 16.9. The predicted molar refractivity (Wildman–Crippen MR) is 108 cm³/mol. The number of nitrogens with zero attached hydrogens (tertiary/aromatic N) is 2. The minimum absolute atomic E-state index is 0.0323. The molecule has 0 heterocycles. The maximum absolute atomic E-state index is 12.7. The molecule has 0 unspecified atom stereocenters. The quantitative estimate of drug-likeness (QED) is 0.416. The summed E-state index contributed by atoms with van der Waals surface area (Å²) in [5, 5.41) is 11.5. The average molecular weight is 407 g/mol. The molecule has 7 nitrogen and oxygen atoms in total. The van der Waals surface area contributed by atoms with Crippen molar-refractivity contribution < 1.29 is 19.2 Å². The van der Waals surface area contributed by atoms with Gasteiger partial charge in [0.25, 0.3) is 5.91 Å². The minimum atomic E-state index is -0.571. The molecule has 0 aromatic heterocycles. The van der Waals surface area contributed by atoms with Crippen molar-refractivity contribution in [3.8, 4) is 17.2 Å². The van der Waals surface area contributed by atoms with Crippen molar-refractivity contribution in [1.29, 1.82) is 0 Å². The Hall–Kier alpha value is -2.80. The van der Waals surface area contributed by atoms with E-state index in [1.807, 2.05) is 6.92 Å². The SMILES string of the molecule is CCCCN(CC)C(=O)c1ccc(Oc2ccc(Cl)cc2[N+](=O)[O-])c(OC)c1. The van der Waals surface area contributed by atoms with Crippen molar-refractivity contribution in [3.05, 3.63) is 57.1 Å². The number of amides is 1. The van der Waals surface area contributed by atoms with E-state index in [4.69, 9.17) is 21.1 Å². The van der Waals surface area contributed by atoms with E-state index in [1.54, 1.807) is 23.1 Å². The molecular formula is C20H23ClN2O5. The van der Waals surface area contributed by atoms with E-state index in [-0.39, 0.29) is 28.1 Å².